The van der Waals surface area contributed by atoms with Crippen molar-refractivity contribution in [1.29, 1.82) is 5.26 Å². The van der Waals surface area contributed by atoms with E-state index in [0.29, 0.717) is 39.9 Å². The molecule has 2 aliphatic carbocycles. The molecule has 0 aromatic heterocycles. The van der Waals surface area contributed by atoms with Crippen molar-refractivity contribution in [3.63, 3.8) is 0 Å². The lowest BCUT2D eigenvalue weighted by Gasteiger charge is -2.52. The maximum atomic E-state index is 13.1. The van der Waals surface area contributed by atoms with E-state index in [9.17, 15) is 10.1 Å². The number of nitriles is 1. The van der Waals surface area contributed by atoms with Gasteiger partial charge >= 0.3 is 0 Å². The van der Waals surface area contributed by atoms with E-state index in [2.05, 4.69) is 39.9 Å². The lowest BCUT2D eigenvalue weighted by Crippen LogP contribution is -2.52. The fraction of sp³-hybridized carbons (Fsp3) is 0.700. The topological polar surface area (TPSA) is 66.2 Å². The highest BCUT2D eigenvalue weighted by Crippen LogP contribution is 2.53. The van der Waals surface area contributed by atoms with Gasteiger partial charge in [-0.1, -0.05) is 24.4 Å². The van der Waals surface area contributed by atoms with Gasteiger partial charge in [-0.3, -0.25) is 9.80 Å². The number of hydrogen-bond acceptors (Lipinski definition) is 6. The predicted octanol–water partition coefficient (Wildman–Crippen LogP) is 4.95. The Kier molecular flexibility index (Phi) is 7.07. The minimum atomic E-state index is 0.231. The van der Waals surface area contributed by atoms with Gasteiger partial charge in [0, 0.05) is 44.6 Å². The van der Waals surface area contributed by atoms with Crippen LogP contribution in [0, 0.1) is 28.6 Å². The van der Waals surface area contributed by atoms with Crippen LogP contribution in [0.5, 0.6) is 0 Å². The van der Waals surface area contributed by atoms with Crippen molar-refractivity contribution in [3.05, 3.63) is 28.8 Å². The van der Waals surface area contributed by atoms with E-state index in [1.807, 2.05) is 18.2 Å². The molecule has 1 amide bonds. The molecular formula is C30H41ClN6O. The first kappa shape index (κ1) is 26.0. The molecule has 38 heavy (non-hydrogen) atoms. The van der Waals surface area contributed by atoms with Crippen molar-refractivity contribution in [3.8, 4) is 6.07 Å². The van der Waals surface area contributed by atoms with Crippen molar-refractivity contribution in [2.24, 2.45) is 22.4 Å². The van der Waals surface area contributed by atoms with Gasteiger partial charge in [0.05, 0.1) is 22.3 Å². The number of carbonyl (C=O) groups excluding carboxylic acids is 1. The number of hydrazone groups is 1. The molecule has 204 valence electrons. The van der Waals surface area contributed by atoms with Crippen LogP contribution in [0.25, 0.3) is 0 Å². The van der Waals surface area contributed by atoms with Gasteiger partial charge in [-0.15, -0.1) is 0 Å². The Morgan fingerprint density at radius 2 is 1.87 bits per heavy atom. The maximum absolute atomic E-state index is 13.1. The molecule has 2 saturated carbocycles. The van der Waals surface area contributed by atoms with Crippen LogP contribution in [0.15, 0.2) is 23.3 Å². The van der Waals surface area contributed by atoms with Gasteiger partial charge in [0.25, 0.3) is 0 Å². The summed E-state index contributed by atoms with van der Waals surface area (Å²) in [5.74, 6) is 2.49. The molecule has 7 nitrogen and oxygen atoms in total. The summed E-state index contributed by atoms with van der Waals surface area (Å²) in [4.78, 5) is 20.0. The number of nitrogens with zero attached hydrogens (tertiary/aromatic N) is 6. The van der Waals surface area contributed by atoms with Crippen LogP contribution in [0.3, 0.4) is 0 Å². The fourth-order valence-corrected chi connectivity index (χ4v) is 8.05. The molecule has 3 heterocycles. The van der Waals surface area contributed by atoms with E-state index in [1.54, 1.807) is 0 Å². The van der Waals surface area contributed by atoms with E-state index in [4.69, 9.17) is 16.7 Å². The van der Waals surface area contributed by atoms with E-state index >= 15 is 0 Å². The Labute approximate surface area is 232 Å². The van der Waals surface area contributed by atoms with Crippen molar-refractivity contribution in [2.75, 3.05) is 45.3 Å². The van der Waals surface area contributed by atoms with Gasteiger partial charge in [-0.25, -0.2) is 0 Å². The normalized spacial score (nSPS) is 27.8. The lowest BCUT2D eigenvalue weighted by molar-refractivity contribution is -0.144. The number of likely N-dealkylation sites (N-methyl/N-ethyl adjacent to an activating group) is 1. The molecule has 1 spiro atoms. The van der Waals surface area contributed by atoms with Crippen LogP contribution in [-0.2, 0) is 4.79 Å². The van der Waals surface area contributed by atoms with Crippen molar-refractivity contribution in [1.82, 2.24) is 14.7 Å². The van der Waals surface area contributed by atoms with Crippen LogP contribution < -0.4 is 5.01 Å². The van der Waals surface area contributed by atoms with Crippen molar-refractivity contribution in [2.45, 2.75) is 76.3 Å². The Balaban J connectivity index is 1.08. The van der Waals surface area contributed by atoms with Crippen LogP contribution in [-0.4, -0.2) is 78.8 Å². The summed E-state index contributed by atoms with van der Waals surface area (Å²) in [6, 6.07) is 8.77. The number of likely N-dealkylation sites (tertiary alicyclic amines) is 2. The number of amidine groups is 1. The quantitative estimate of drug-likeness (QED) is 0.545. The third-order valence-electron chi connectivity index (χ3n) is 10.3. The number of halogens is 1. The molecule has 8 heteroatoms. The fourth-order valence-electron chi connectivity index (χ4n) is 7.83. The first-order chi connectivity index (χ1) is 18.4. The molecule has 2 atom stereocenters. The Morgan fingerprint density at radius 3 is 2.50 bits per heavy atom. The van der Waals surface area contributed by atoms with Gasteiger partial charge in [-0.05, 0) is 88.6 Å². The zero-order valence-corrected chi connectivity index (χ0v) is 23.7. The average molecular weight is 537 g/mol. The van der Waals surface area contributed by atoms with Crippen LogP contribution >= 0.6 is 11.6 Å². The number of carbonyl (C=O) groups is 1. The molecule has 1 aromatic rings. The Morgan fingerprint density at radius 1 is 1.13 bits per heavy atom. The predicted molar refractivity (Wildman–Crippen MR) is 151 cm³/mol. The molecule has 0 unspecified atom stereocenters. The average Bonchev–Trinajstić information content (AvgIpc) is 3.67. The maximum Gasteiger partial charge on any atom is 0.225 e. The lowest BCUT2D eigenvalue weighted by atomic mass is 9.57. The summed E-state index contributed by atoms with van der Waals surface area (Å²) < 4.78 is 0. The summed E-state index contributed by atoms with van der Waals surface area (Å²) in [6.45, 7) is 3.88. The third-order valence-corrected chi connectivity index (χ3v) is 10.6. The largest absolute Gasteiger partial charge is 0.359 e. The van der Waals surface area contributed by atoms with Gasteiger partial charge in [0.15, 0.2) is 0 Å². The number of piperidine rings is 1. The molecule has 5 aliphatic rings. The minimum absolute atomic E-state index is 0.231. The number of hydrogen-bond donors (Lipinski definition) is 0. The van der Waals surface area contributed by atoms with Crippen molar-refractivity contribution < 1.29 is 4.79 Å². The summed E-state index contributed by atoms with van der Waals surface area (Å²) in [5, 5.41) is 17.2. The first-order valence-electron chi connectivity index (χ1n) is 14.6. The summed E-state index contributed by atoms with van der Waals surface area (Å²) in [5.41, 5.74) is 1.85. The minimum Gasteiger partial charge on any atom is -0.359 e. The van der Waals surface area contributed by atoms with Crippen LogP contribution in [0.2, 0.25) is 5.02 Å². The highest BCUT2D eigenvalue weighted by Gasteiger charge is 2.50. The molecule has 0 bridgehead atoms. The highest BCUT2D eigenvalue weighted by atomic mass is 35.5. The number of anilines is 1. The molecule has 3 aliphatic heterocycles. The third kappa shape index (κ3) is 4.79. The molecular weight excluding hydrogens is 496 g/mol. The van der Waals surface area contributed by atoms with Gasteiger partial charge < -0.3 is 14.7 Å². The Hall–Kier alpha value is -2.30. The first-order valence-corrected chi connectivity index (χ1v) is 15.0. The van der Waals surface area contributed by atoms with Gasteiger partial charge in [0.1, 0.15) is 11.9 Å². The summed E-state index contributed by atoms with van der Waals surface area (Å²) >= 11 is 6.41. The molecule has 2 saturated heterocycles. The molecule has 1 aromatic carbocycles. The zero-order valence-electron chi connectivity index (χ0n) is 22.9. The van der Waals surface area contributed by atoms with E-state index in [-0.39, 0.29) is 5.92 Å². The molecule has 0 radical (unpaired) electrons. The monoisotopic (exact) mass is 536 g/mol. The van der Waals surface area contributed by atoms with Gasteiger partial charge in [0.2, 0.25) is 5.91 Å². The molecule has 6 rings (SSSR count). The zero-order chi connectivity index (χ0) is 26.4. The van der Waals surface area contributed by atoms with Gasteiger partial charge in [-0.2, -0.15) is 10.4 Å². The Bertz CT molecular complexity index is 1120. The molecule has 4 fully saturated rings. The van der Waals surface area contributed by atoms with E-state index < -0.39 is 0 Å². The highest BCUT2D eigenvalue weighted by molar-refractivity contribution is 6.32. The second-order valence-corrected chi connectivity index (χ2v) is 13.1. The van der Waals surface area contributed by atoms with Crippen LogP contribution in [0.4, 0.5) is 5.69 Å². The SMILES string of the molecule is CN(C)[C@@H]1CCN(C(=O)C2CC3(CCN(C4=NN(c5ccc(C#N)c(Cl)c5)[C@@H](C5CCCC5)C4)CC3)C2)C1. The number of amides is 1. The molecule has 0 N–H and O–H groups in total. The summed E-state index contributed by atoms with van der Waals surface area (Å²) in [6.07, 6.45) is 11.7. The van der Waals surface area contributed by atoms with Crippen LogP contribution in [0.1, 0.15) is 69.8 Å². The van der Waals surface area contributed by atoms with Crippen molar-refractivity contribution >= 4 is 29.0 Å². The second kappa shape index (κ2) is 10.4. The number of benzene rings is 1. The van der Waals surface area contributed by atoms with E-state index in [0.717, 1.165) is 70.4 Å². The van der Waals surface area contributed by atoms with E-state index in [1.165, 1.54) is 31.5 Å². The standard InChI is InChI=1S/C30H41ClN6O/c1-34(2)25-9-12-36(20-25)29(38)23-17-30(18-23)10-13-35(14-11-30)28-16-27(21-5-3-4-6-21)37(33-28)24-8-7-22(19-32)26(31)15-24/h7-8,15,21,23,25,27H,3-6,9-14,16-18,20H2,1-2H3/t25-,27-/m1/s1. The second-order valence-electron chi connectivity index (χ2n) is 12.7. The smallest absolute Gasteiger partial charge is 0.225 e. The number of rotatable bonds is 4. The summed E-state index contributed by atoms with van der Waals surface area (Å²) in [7, 11) is 4.24.